The lowest BCUT2D eigenvalue weighted by atomic mass is 10.2. The molecule has 1 atom stereocenters. The topological polar surface area (TPSA) is 65.1 Å². The van der Waals surface area contributed by atoms with Crippen LogP contribution in [0.1, 0.15) is 27.7 Å². The Morgan fingerprint density at radius 2 is 2.06 bits per heavy atom. The molecule has 0 spiro atoms. The molecular formula is C12H21NO5. The first-order valence-corrected chi connectivity index (χ1v) is 6.09. The van der Waals surface area contributed by atoms with E-state index in [4.69, 9.17) is 14.2 Å². The van der Waals surface area contributed by atoms with E-state index < -0.39 is 23.8 Å². The average molecular weight is 259 g/mol. The van der Waals surface area contributed by atoms with Crippen molar-refractivity contribution in [1.82, 2.24) is 4.90 Å². The highest BCUT2D eigenvalue weighted by atomic mass is 16.6. The molecule has 18 heavy (non-hydrogen) atoms. The number of nitrogens with zero attached hydrogens (tertiary/aromatic N) is 1. The van der Waals surface area contributed by atoms with Gasteiger partial charge in [-0.3, -0.25) is 0 Å². The number of rotatable bonds is 2. The zero-order valence-corrected chi connectivity index (χ0v) is 11.4. The van der Waals surface area contributed by atoms with E-state index in [-0.39, 0.29) is 6.54 Å². The van der Waals surface area contributed by atoms with Gasteiger partial charge in [0.2, 0.25) is 0 Å². The van der Waals surface area contributed by atoms with Crippen molar-refractivity contribution >= 4 is 12.1 Å². The van der Waals surface area contributed by atoms with Gasteiger partial charge in [-0.05, 0) is 27.7 Å². The molecule has 0 aliphatic carbocycles. The molecule has 104 valence electrons. The minimum Gasteiger partial charge on any atom is -0.458 e. The molecule has 1 rings (SSSR count). The van der Waals surface area contributed by atoms with Gasteiger partial charge in [0.1, 0.15) is 5.60 Å². The third-order valence-corrected chi connectivity index (χ3v) is 2.26. The first kappa shape index (κ1) is 14.8. The van der Waals surface area contributed by atoms with Gasteiger partial charge >= 0.3 is 12.1 Å². The van der Waals surface area contributed by atoms with Crippen molar-refractivity contribution in [2.75, 3.05) is 26.3 Å². The van der Waals surface area contributed by atoms with Crippen LogP contribution in [-0.4, -0.2) is 55.0 Å². The smallest absolute Gasteiger partial charge is 0.409 e. The maximum atomic E-state index is 11.8. The number of amides is 1. The number of ether oxygens (including phenoxy) is 3. The van der Waals surface area contributed by atoms with Crippen LogP contribution >= 0.6 is 0 Å². The average Bonchev–Trinajstić information content (AvgIpc) is 2.27. The molecule has 1 heterocycles. The molecular weight excluding hydrogens is 238 g/mol. The summed E-state index contributed by atoms with van der Waals surface area (Å²) in [6.07, 6.45) is -1.16. The van der Waals surface area contributed by atoms with Crippen molar-refractivity contribution in [2.45, 2.75) is 39.4 Å². The Bertz CT molecular complexity index is 310. The second-order valence-electron chi connectivity index (χ2n) is 5.04. The number of esters is 1. The summed E-state index contributed by atoms with van der Waals surface area (Å²) in [7, 11) is 0. The van der Waals surface area contributed by atoms with Crippen LogP contribution in [-0.2, 0) is 19.0 Å². The highest BCUT2D eigenvalue weighted by molar-refractivity contribution is 5.77. The lowest BCUT2D eigenvalue weighted by Gasteiger charge is -2.32. The largest absolute Gasteiger partial charge is 0.458 e. The van der Waals surface area contributed by atoms with Gasteiger partial charge in [0.15, 0.2) is 6.10 Å². The molecule has 0 aromatic carbocycles. The zero-order valence-electron chi connectivity index (χ0n) is 11.4. The van der Waals surface area contributed by atoms with E-state index >= 15 is 0 Å². The van der Waals surface area contributed by atoms with Gasteiger partial charge in [-0.15, -0.1) is 0 Å². The molecule has 0 bridgehead atoms. The minimum absolute atomic E-state index is 0.174. The van der Waals surface area contributed by atoms with E-state index in [0.29, 0.717) is 19.8 Å². The highest BCUT2D eigenvalue weighted by Crippen LogP contribution is 2.13. The van der Waals surface area contributed by atoms with Gasteiger partial charge in [-0.1, -0.05) is 0 Å². The molecule has 0 aromatic rings. The van der Waals surface area contributed by atoms with Crippen molar-refractivity contribution in [3.05, 3.63) is 0 Å². The molecule has 0 aromatic heterocycles. The van der Waals surface area contributed by atoms with E-state index in [1.54, 1.807) is 27.7 Å². The van der Waals surface area contributed by atoms with Gasteiger partial charge < -0.3 is 19.1 Å². The fourth-order valence-corrected chi connectivity index (χ4v) is 1.54. The molecule has 0 saturated carbocycles. The van der Waals surface area contributed by atoms with Crippen LogP contribution < -0.4 is 0 Å². The van der Waals surface area contributed by atoms with Crippen molar-refractivity contribution in [1.29, 1.82) is 0 Å². The molecule has 0 unspecified atom stereocenters. The predicted molar refractivity (Wildman–Crippen MR) is 64.2 cm³/mol. The Morgan fingerprint density at radius 3 is 2.61 bits per heavy atom. The maximum absolute atomic E-state index is 11.8. The van der Waals surface area contributed by atoms with Gasteiger partial charge in [-0.25, -0.2) is 9.59 Å². The Labute approximate surface area is 107 Å². The van der Waals surface area contributed by atoms with E-state index in [1.807, 2.05) is 0 Å². The van der Waals surface area contributed by atoms with Gasteiger partial charge in [0.05, 0.1) is 19.8 Å². The second-order valence-corrected chi connectivity index (χ2v) is 5.04. The van der Waals surface area contributed by atoms with Crippen molar-refractivity contribution in [2.24, 2.45) is 0 Å². The molecule has 1 amide bonds. The summed E-state index contributed by atoms with van der Waals surface area (Å²) in [5.74, 6) is -0.448. The Hall–Kier alpha value is -1.30. The first-order chi connectivity index (χ1) is 8.33. The molecule has 0 N–H and O–H groups in total. The van der Waals surface area contributed by atoms with Crippen molar-refractivity contribution < 1.29 is 23.8 Å². The van der Waals surface area contributed by atoms with Crippen LogP contribution in [0.25, 0.3) is 0 Å². The number of carbonyl (C=O) groups excluding carboxylic acids is 2. The van der Waals surface area contributed by atoms with Crippen LogP contribution in [0.2, 0.25) is 0 Å². The summed E-state index contributed by atoms with van der Waals surface area (Å²) in [4.78, 5) is 24.8. The van der Waals surface area contributed by atoms with E-state index in [2.05, 4.69) is 0 Å². The van der Waals surface area contributed by atoms with E-state index in [9.17, 15) is 9.59 Å². The fraction of sp³-hybridized carbons (Fsp3) is 0.833. The molecule has 1 aliphatic heterocycles. The normalized spacial score (nSPS) is 20.4. The summed E-state index contributed by atoms with van der Waals surface area (Å²) in [6.45, 7) is 8.33. The number of carbonyl (C=O) groups is 2. The Kier molecular flexibility index (Phi) is 4.95. The van der Waals surface area contributed by atoms with Crippen LogP contribution in [0.3, 0.4) is 0 Å². The Morgan fingerprint density at radius 1 is 1.39 bits per heavy atom. The molecule has 0 radical (unpaired) electrons. The second kappa shape index (κ2) is 6.04. The first-order valence-electron chi connectivity index (χ1n) is 6.09. The minimum atomic E-state index is -0.734. The zero-order chi connectivity index (χ0) is 13.8. The van der Waals surface area contributed by atoms with Crippen molar-refractivity contribution in [3.8, 4) is 0 Å². The standard InChI is InChI=1S/C12H21NO5/c1-5-16-11(15)13-6-7-17-9(8-13)10(14)18-12(2,3)4/h9H,5-8H2,1-4H3/t9-/m1/s1. The molecule has 6 nitrogen and oxygen atoms in total. The Balaban J connectivity index is 2.53. The van der Waals surface area contributed by atoms with Crippen LogP contribution in [0, 0.1) is 0 Å². The molecule has 1 saturated heterocycles. The SMILES string of the molecule is CCOC(=O)N1CCO[C@@H](C(=O)OC(C)(C)C)C1. The number of hydrogen-bond acceptors (Lipinski definition) is 5. The maximum Gasteiger partial charge on any atom is 0.409 e. The van der Waals surface area contributed by atoms with Gasteiger partial charge in [-0.2, -0.15) is 0 Å². The quantitative estimate of drug-likeness (QED) is 0.697. The summed E-state index contributed by atoms with van der Waals surface area (Å²) in [6, 6.07) is 0. The van der Waals surface area contributed by atoms with Crippen molar-refractivity contribution in [3.63, 3.8) is 0 Å². The van der Waals surface area contributed by atoms with Gasteiger partial charge in [0.25, 0.3) is 0 Å². The lowest BCUT2D eigenvalue weighted by molar-refractivity contribution is -0.173. The lowest BCUT2D eigenvalue weighted by Crippen LogP contribution is -2.50. The molecule has 6 heteroatoms. The molecule has 1 fully saturated rings. The monoisotopic (exact) mass is 259 g/mol. The number of hydrogen-bond donors (Lipinski definition) is 0. The third-order valence-electron chi connectivity index (χ3n) is 2.26. The predicted octanol–water partition coefficient (Wildman–Crippen LogP) is 1.19. The van der Waals surface area contributed by atoms with Crippen LogP contribution in [0.5, 0.6) is 0 Å². The third kappa shape index (κ3) is 4.52. The molecule has 1 aliphatic rings. The summed E-state index contributed by atoms with van der Waals surface area (Å²) < 4.78 is 15.4. The summed E-state index contributed by atoms with van der Waals surface area (Å²) in [5.41, 5.74) is -0.563. The van der Waals surface area contributed by atoms with Crippen LogP contribution in [0.15, 0.2) is 0 Å². The van der Waals surface area contributed by atoms with E-state index in [0.717, 1.165) is 0 Å². The number of morpholine rings is 1. The highest BCUT2D eigenvalue weighted by Gasteiger charge is 2.32. The summed E-state index contributed by atoms with van der Waals surface area (Å²) in [5, 5.41) is 0. The fourth-order valence-electron chi connectivity index (χ4n) is 1.54. The van der Waals surface area contributed by atoms with Crippen LogP contribution in [0.4, 0.5) is 4.79 Å². The van der Waals surface area contributed by atoms with E-state index in [1.165, 1.54) is 4.90 Å². The van der Waals surface area contributed by atoms with Gasteiger partial charge in [0, 0.05) is 6.54 Å². The summed E-state index contributed by atoms with van der Waals surface area (Å²) >= 11 is 0.